The van der Waals surface area contributed by atoms with Crippen molar-refractivity contribution in [3.8, 4) is 0 Å². The number of halogens is 1. The smallest absolute Gasteiger partial charge is 0.241 e. The van der Waals surface area contributed by atoms with E-state index in [4.69, 9.17) is 5.73 Å². The van der Waals surface area contributed by atoms with Crippen molar-refractivity contribution in [2.45, 2.75) is 18.9 Å². The minimum absolute atomic E-state index is 0.243. The molecule has 1 atom stereocenters. The number of anilines is 4. The number of rotatable bonds is 10. The summed E-state index contributed by atoms with van der Waals surface area (Å²) in [5.74, 6) is 0.887. The van der Waals surface area contributed by atoms with Gasteiger partial charge in [-0.3, -0.25) is 4.79 Å². The minimum atomic E-state index is -0.651. The number of nitrogens with two attached hydrogens (primary N) is 1. The fourth-order valence-corrected chi connectivity index (χ4v) is 4.54. The van der Waals surface area contributed by atoms with Crippen molar-refractivity contribution in [3.63, 3.8) is 0 Å². The molecule has 0 aliphatic heterocycles. The van der Waals surface area contributed by atoms with Crippen LogP contribution in [0.5, 0.6) is 0 Å². The first kappa shape index (κ1) is 25.4. The third-order valence-electron chi connectivity index (χ3n) is 6.13. The summed E-state index contributed by atoms with van der Waals surface area (Å²) in [4.78, 5) is 24.9. The van der Waals surface area contributed by atoms with Crippen LogP contribution in [0.15, 0.2) is 95.7 Å². The van der Waals surface area contributed by atoms with Crippen molar-refractivity contribution >= 4 is 55.9 Å². The highest BCUT2D eigenvalue weighted by atomic mass is 79.9. The summed E-state index contributed by atoms with van der Waals surface area (Å²) in [5.41, 5.74) is 10.9. The fraction of sp³-hybridized carbons (Fsp3) is 0.138. The van der Waals surface area contributed by atoms with Crippen molar-refractivity contribution in [2.75, 3.05) is 22.5 Å². The molecule has 192 valence electrons. The molecule has 1 unspecified atom stereocenters. The highest BCUT2D eigenvalue weighted by molar-refractivity contribution is 9.10. The van der Waals surface area contributed by atoms with Gasteiger partial charge in [-0.1, -0.05) is 54.6 Å². The number of aromatic amines is 1. The molecule has 0 spiro atoms. The van der Waals surface area contributed by atoms with Gasteiger partial charge in [0, 0.05) is 41.2 Å². The Hall–Kier alpha value is -4.21. The normalized spacial score (nSPS) is 11.7. The van der Waals surface area contributed by atoms with Crippen molar-refractivity contribution in [1.29, 1.82) is 0 Å². The minimum Gasteiger partial charge on any atom is -0.369 e. The van der Waals surface area contributed by atoms with Gasteiger partial charge >= 0.3 is 0 Å². The van der Waals surface area contributed by atoms with E-state index in [1.807, 2.05) is 66.7 Å². The number of fused-ring (bicyclic) bond motifs is 1. The third kappa shape index (κ3) is 6.37. The summed E-state index contributed by atoms with van der Waals surface area (Å²) < 4.78 is 0.774. The summed E-state index contributed by atoms with van der Waals surface area (Å²) in [6.45, 7) is 0.710. The number of hydrogen-bond donors (Lipinski definition) is 5. The van der Waals surface area contributed by atoms with Gasteiger partial charge in [0.1, 0.15) is 5.82 Å². The predicted molar refractivity (Wildman–Crippen MR) is 157 cm³/mol. The van der Waals surface area contributed by atoms with E-state index in [0.717, 1.165) is 27.7 Å². The lowest BCUT2D eigenvalue weighted by molar-refractivity contribution is -0.117. The van der Waals surface area contributed by atoms with Crippen LogP contribution in [0.4, 0.5) is 23.1 Å². The molecule has 9 heteroatoms. The Morgan fingerprint density at radius 2 is 1.79 bits per heavy atom. The highest BCUT2D eigenvalue weighted by Crippen LogP contribution is 2.24. The molecule has 2 heterocycles. The van der Waals surface area contributed by atoms with Gasteiger partial charge in [0.15, 0.2) is 0 Å². The average Bonchev–Trinajstić information content (AvgIpc) is 3.34. The van der Waals surface area contributed by atoms with Gasteiger partial charge in [-0.25, -0.2) is 4.98 Å². The molecule has 0 saturated carbocycles. The molecule has 0 fully saturated rings. The topological polar surface area (TPSA) is 121 Å². The maximum Gasteiger partial charge on any atom is 0.241 e. The average molecular weight is 570 g/mol. The van der Waals surface area contributed by atoms with E-state index in [1.54, 1.807) is 6.20 Å². The monoisotopic (exact) mass is 569 g/mol. The van der Waals surface area contributed by atoms with Crippen LogP contribution in [0.1, 0.15) is 11.1 Å². The number of carbonyl (C=O) groups excluding carboxylic acids is 1. The predicted octanol–water partition coefficient (Wildman–Crippen LogP) is 5.63. The largest absolute Gasteiger partial charge is 0.369 e. The van der Waals surface area contributed by atoms with Gasteiger partial charge in [0.25, 0.3) is 0 Å². The molecule has 6 N–H and O–H groups in total. The zero-order chi connectivity index (χ0) is 26.3. The molecule has 2 aromatic heterocycles. The second-order valence-corrected chi connectivity index (χ2v) is 9.77. The van der Waals surface area contributed by atoms with E-state index in [9.17, 15) is 4.79 Å². The number of nitrogens with one attached hydrogen (secondary N) is 4. The number of nitrogens with zero attached hydrogens (tertiary/aromatic N) is 2. The summed E-state index contributed by atoms with van der Waals surface area (Å²) in [5, 5.41) is 10.7. The summed E-state index contributed by atoms with van der Waals surface area (Å²) in [6, 6.07) is 24.7. The van der Waals surface area contributed by atoms with Crippen LogP contribution in [0, 0.1) is 0 Å². The lowest BCUT2D eigenvalue weighted by atomic mass is 10.1. The molecular formula is C29H28BrN7O. The fourth-order valence-electron chi connectivity index (χ4n) is 4.20. The van der Waals surface area contributed by atoms with E-state index < -0.39 is 6.04 Å². The van der Waals surface area contributed by atoms with Crippen LogP contribution in [0.25, 0.3) is 10.9 Å². The molecule has 1 amide bonds. The van der Waals surface area contributed by atoms with Crippen molar-refractivity contribution in [3.05, 3.63) is 107 Å². The van der Waals surface area contributed by atoms with E-state index in [-0.39, 0.29) is 5.91 Å². The molecular weight excluding hydrogens is 542 g/mol. The molecule has 3 aromatic carbocycles. The number of benzene rings is 3. The van der Waals surface area contributed by atoms with Crippen LogP contribution >= 0.6 is 15.9 Å². The Balaban J connectivity index is 1.19. The van der Waals surface area contributed by atoms with Crippen molar-refractivity contribution < 1.29 is 4.79 Å². The lowest BCUT2D eigenvalue weighted by Crippen LogP contribution is -2.37. The van der Waals surface area contributed by atoms with E-state index in [2.05, 4.69) is 65.2 Å². The molecule has 0 aliphatic carbocycles. The Morgan fingerprint density at radius 3 is 2.66 bits per heavy atom. The molecule has 0 radical (unpaired) electrons. The van der Waals surface area contributed by atoms with Crippen molar-refractivity contribution in [1.82, 2.24) is 15.0 Å². The highest BCUT2D eigenvalue weighted by Gasteiger charge is 2.15. The van der Waals surface area contributed by atoms with Crippen molar-refractivity contribution in [2.24, 2.45) is 5.73 Å². The van der Waals surface area contributed by atoms with Gasteiger partial charge in [-0.2, -0.15) is 4.98 Å². The first-order chi connectivity index (χ1) is 18.5. The van der Waals surface area contributed by atoms with Crippen LogP contribution in [-0.4, -0.2) is 33.4 Å². The van der Waals surface area contributed by atoms with Gasteiger partial charge in [-0.15, -0.1) is 0 Å². The Morgan fingerprint density at radius 1 is 1.00 bits per heavy atom. The molecule has 5 rings (SSSR count). The SMILES string of the molecule is NC(Cc1ccccc1)C(=O)Nc1cccc(Nc2ncc(Br)c(NCCc3c[nH]c4ccccc34)n2)c1. The second kappa shape index (κ2) is 11.9. The van der Waals surface area contributed by atoms with Gasteiger partial charge < -0.3 is 26.7 Å². The van der Waals surface area contributed by atoms with Crippen LogP contribution in [0.2, 0.25) is 0 Å². The first-order valence-corrected chi connectivity index (χ1v) is 13.1. The van der Waals surface area contributed by atoms with E-state index in [1.165, 1.54) is 10.9 Å². The maximum atomic E-state index is 12.6. The number of hydrogen-bond acceptors (Lipinski definition) is 6. The quantitative estimate of drug-likeness (QED) is 0.149. The van der Waals surface area contributed by atoms with Crippen LogP contribution < -0.4 is 21.7 Å². The van der Waals surface area contributed by atoms with Gasteiger partial charge in [0.2, 0.25) is 11.9 Å². The number of amides is 1. The summed E-state index contributed by atoms with van der Waals surface area (Å²) in [6.07, 6.45) is 5.07. The van der Waals surface area contributed by atoms with E-state index >= 15 is 0 Å². The first-order valence-electron chi connectivity index (χ1n) is 12.3. The second-order valence-electron chi connectivity index (χ2n) is 8.92. The van der Waals surface area contributed by atoms with Gasteiger partial charge in [-0.05, 0) is 64.2 Å². The lowest BCUT2D eigenvalue weighted by Gasteiger charge is -2.14. The van der Waals surface area contributed by atoms with Crippen LogP contribution in [0.3, 0.4) is 0 Å². The van der Waals surface area contributed by atoms with E-state index in [0.29, 0.717) is 30.4 Å². The molecule has 0 aliphatic rings. The number of carbonyl (C=O) groups is 1. The maximum absolute atomic E-state index is 12.6. The number of H-pyrrole nitrogens is 1. The molecule has 0 bridgehead atoms. The third-order valence-corrected chi connectivity index (χ3v) is 6.71. The van der Waals surface area contributed by atoms with Crippen LogP contribution in [-0.2, 0) is 17.6 Å². The molecule has 38 heavy (non-hydrogen) atoms. The summed E-state index contributed by atoms with van der Waals surface area (Å²) >= 11 is 3.53. The molecule has 5 aromatic rings. The zero-order valence-corrected chi connectivity index (χ0v) is 22.2. The van der Waals surface area contributed by atoms with Gasteiger partial charge in [0.05, 0.1) is 10.5 Å². The standard InChI is InChI=1S/C29H28BrN7O/c30-24-18-34-29(37-27(24)32-14-13-20-17-33-26-12-5-4-11-23(20)26)36-22-10-6-9-21(16-22)35-28(38)25(31)15-19-7-2-1-3-8-19/h1-12,16-18,25,33H,13-15,31H2,(H,35,38)(H2,32,34,36,37). The molecule has 8 nitrogen and oxygen atoms in total. The summed E-state index contributed by atoms with van der Waals surface area (Å²) in [7, 11) is 0. The molecule has 0 saturated heterocycles. The Kier molecular flexibility index (Phi) is 7.96. The Labute approximate surface area is 229 Å². The zero-order valence-electron chi connectivity index (χ0n) is 20.6. The Bertz CT molecular complexity index is 1540. The number of aromatic nitrogens is 3. The number of para-hydroxylation sites is 1.